The molecular weight excluding hydrogens is 448 g/mol. The first-order valence-corrected chi connectivity index (χ1v) is 14.9. The second kappa shape index (κ2) is 8.57. The number of fused-ring (bicyclic) bond motifs is 7. The summed E-state index contributed by atoms with van der Waals surface area (Å²) >= 11 is 0. The first-order chi connectivity index (χ1) is 16.8. The van der Waals surface area contributed by atoms with Crippen LogP contribution in [0.5, 0.6) is 0 Å². The van der Waals surface area contributed by atoms with E-state index in [0.29, 0.717) is 29.6 Å². The van der Waals surface area contributed by atoms with Crippen molar-refractivity contribution in [1.82, 2.24) is 0 Å². The summed E-state index contributed by atoms with van der Waals surface area (Å²) in [5.41, 5.74) is 1.76. The molecule has 0 heterocycles. The average Bonchev–Trinajstić information content (AvgIpc) is 3.21. The molecule has 5 saturated carbocycles. The summed E-state index contributed by atoms with van der Waals surface area (Å²) < 4.78 is 5.89. The molecule has 5 aliphatic rings. The summed E-state index contributed by atoms with van der Waals surface area (Å²) in [6.45, 7) is 18.8. The van der Waals surface area contributed by atoms with Crippen molar-refractivity contribution < 1.29 is 19.7 Å². The summed E-state index contributed by atoms with van der Waals surface area (Å²) in [7, 11) is 0. The number of aliphatic hydroxyl groups is 2. The van der Waals surface area contributed by atoms with E-state index in [1.165, 1.54) is 32.1 Å². The molecule has 204 valence electrons. The first-order valence-electron chi connectivity index (χ1n) is 14.9. The van der Waals surface area contributed by atoms with Gasteiger partial charge in [-0.25, -0.2) is 0 Å². The minimum atomic E-state index is -0.143. The molecule has 4 heteroatoms. The van der Waals surface area contributed by atoms with E-state index in [4.69, 9.17) is 4.74 Å². The summed E-state index contributed by atoms with van der Waals surface area (Å²) in [4.78, 5) is 11.9. The van der Waals surface area contributed by atoms with Gasteiger partial charge >= 0.3 is 5.97 Å². The Morgan fingerprint density at radius 1 is 0.861 bits per heavy atom. The maximum atomic E-state index is 11.9. The fourth-order valence-corrected chi connectivity index (χ4v) is 12.0. The third-order valence-corrected chi connectivity index (χ3v) is 13.9. The Morgan fingerprint density at radius 3 is 2.22 bits per heavy atom. The standard InChI is InChI=1S/C32H52O4/c1-20(18-33)22-10-15-32(19-34)17-16-30(6)23(27(22)32)8-9-25-29(5)13-12-26(36-21(2)35)28(3,4)24(29)11-14-31(25,30)7/h22-27,33-34H,1,8-19H2,2-7H3. The molecule has 5 rings (SSSR count). The van der Waals surface area contributed by atoms with Crippen LogP contribution in [0.2, 0.25) is 0 Å². The van der Waals surface area contributed by atoms with Crippen LogP contribution in [-0.2, 0) is 9.53 Å². The third kappa shape index (κ3) is 3.34. The van der Waals surface area contributed by atoms with Crippen LogP contribution < -0.4 is 0 Å². The van der Waals surface area contributed by atoms with Crippen molar-refractivity contribution in [3.8, 4) is 0 Å². The van der Waals surface area contributed by atoms with Gasteiger partial charge in [-0.05, 0) is 121 Å². The number of ether oxygens (including phenoxy) is 1. The molecule has 0 amide bonds. The highest BCUT2D eigenvalue weighted by Gasteiger charge is 2.71. The van der Waals surface area contributed by atoms with Gasteiger partial charge in [0, 0.05) is 18.9 Å². The van der Waals surface area contributed by atoms with Crippen molar-refractivity contribution in [2.24, 2.45) is 56.7 Å². The molecule has 0 aromatic carbocycles. The Labute approximate surface area is 219 Å². The van der Waals surface area contributed by atoms with Crippen molar-refractivity contribution in [3.63, 3.8) is 0 Å². The monoisotopic (exact) mass is 500 g/mol. The van der Waals surface area contributed by atoms with Crippen molar-refractivity contribution in [3.05, 3.63) is 12.2 Å². The quantitative estimate of drug-likeness (QED) is 0.340. The zero-order chi connectivity index (χ0) is 26.3. The molecule has 0 aromatic heterocycles. The Kier molecular flexibility index (Phi) is 6.36. The van der Waals surface area contributed by atoms with Gasteiger partial charge in [0.25, 0.3) is 0 Å². The van der Waals surface area contributed by atoms with Gasteiger partial charge in [0.05, 0.1) is 6.61 Å². The minimum Gasteiger partial charge on any atom is -0.462 e. The highest BCUT2D eigenvalue weighted by atomic mass is 16.5. The number of carbonyl (C=O) groups is 1. The second-order valence-corrected chi connectivity index (χ2v) is 15.1. The summed E-state index contributed by atoms with van der Waals surface area (Å²) in [6, 6.07) is 0. The van der Waals surface area contributed by atoms with Gasteiger partial charge in [-0.1, -0.05) is 41.2 Å². The molecule has 2 N–H and O–H groups in total. The number of esters is 1. The van der Waals surface area contributed by atoms with Gasteiger partial charge in [0.15, 0.2) is 0 Å². The predicted octanol–water partition coefficient (Wildman–Crippen LogP) is 6.54. The molecule has 0 spiro atoms. The molecule has 5 fully saturated rings. The topological polar surface area (TPSA) is 66.8 Å². The molecule has 10 unspecified atom stereocenters. The Morgan fingerprint density at radius 2 is 1.58 bits per heavy atom. The minimum absolute atomic E-state index is 0.00816. The number of aliphatic hydroxyl groups excluding tert-OH is 2. The van der Waals surface area contributed by atoms with Gasteiger partial charge < -0.3 is 14.9 Å². The van der Waals surface area contributed by atoms with Crippen LogP contribution in [0.1, 0.15) is 106 Å². The number of rotatable bonds is 4. The fourth-order valence-electron chi connectivity index (χ4n) is 12.0. The molecule has 0 saturated heterocycles. The smallest absolute Gasteiger partial charge is 0.302 e. The van der Waals surface area contributed by atoms with E-state index in [1.54, 1.807) is 6.92 Å². The Bertz CT molecular complexity index is 910. The van der Waals surface area contributed by atoms with E-state index in [9.17, 15) is 15.0 Å². The molecule has 0 bridgehead atoms. The summed E-state index contributed by atoms with van der Waals surface area (Å²) in [5.74, 6) is 2.47. The van der Waals surface area contributed by atoms with Crippen molar-refractivity contribution in [1.29, 1.82) is 0 Å². The van der Waals surface area contributed by atoms with Crippen LogP contribution >= 0.6 is 0 Å². The van der Waals surface area contributed by atoms with Gasteiger partial charge in [-0.15, -0.1) is 0 Å². The first kappa shape index (κ1) is 26.7. The fraction of sp³-hybridized carbons (Fsp3) is 0.906. The lowest BCUT2D eigenvalue weighted by Gasteiger charge is -2.73. The molecule has 5 aliphatic carbocycles. The summed E-state index contributed by atoms with van der Waals surface area (Å²) in [6.07, 6.45) is 11.5. The van der Waals surface area contributed by atoms with Crippen LogP contribution in [0.3, 0.4) is 0 Å². The van der Waals surface area contributed by atoms with E-state index in [0.717, 1.165) is 37.7 Å². The number of hydrogen-bond acceptors (Lipinski definition) is 4. The molecule has 10 atom stereocenters. The van der Waals surface area contributed by atoms with Crippen LogP contribution in [-0.4, -0.2) is 35.5 Å². The number of hydrogen-bond donors (Lipinski definition) is 2. The predicted molar refractivity (Wildman–Crippen MR) is 143 cm³/mol. The van der Waals surface area contributed by atoms with Crippen molar-refractivity contribution >= 4 is 5.97 Å². The Hall–Kier alpha value is -0.870. The van der Waals surface area contributed by atoms with Crippen molar-refractivity contribution in [2.45, 2.75) is 112 Å². The second-order valence-electron chi connectivity index (χ2n) is 15.1. The lowest BCUT2D eigenvalue weighted by atomic mass is 9.32. The molecular formula is C32H52O4. The maximum Gasteiger partial charge on any atom is 0.302 e. The normalized spacial score (nSPS) is 51.3. The van der Waals surface area contributed by atoms with Gasteiger partial charge in [-0.3, -0.25) is 4.79 Å². The molecule has 36 heavy (non-hydrogen) atoms. The van der Waals surface area contributed by atoms with E-state index in [1.807, 2.05) is 0 Å². The number of carbonyl (C=O) groups excluding carboxylic acids is 1. The van der Waals surface area contributed by atoms with Crippen molar-refractivity contribution in [2.75, 3.05) is 13.2 Å². The van der Waals surface area contributed by atoms with Crippen LogP contribution in [0, 0.1) is 56.7 Å². The molecule has 0 radical (unpaired) electrons. The zero-order valence-corrected chi connectivity index (χ0v) is 23.9. The molecule has 0 aliphatic heterocycles. The maximum absolute atomic E-state index is 11.9. The van der Waals surface area contributed by atoms with Gasteiger partial charge in [-0.2, -0.15) is 0 Å². The largest absolute Gasteiger partial charge is 0.462 e. The summed E-state index contributed by atoms with van der Waals surface area (Å²) in [5, 5.41) is 20.7. The highest BCUT2D eigenvalue weighted by molar-refractivity contribution is 5.66. The van der Waals surface area contributed by atoms with Crippen LogP contribution in [0.25, 0.3) is 0 Å². The third-order valence-electron chi connectivity index (χ3n) is 13.9. The van der Waals surface area contributed by atoms with Crippen LogP contribution in [0.4, 0.5) is 0 Å². The average molecular weight is 501 g/mol. The SMILES string of the molecule is C=C(CO)C1CCC2(CO)CCC3(C)C(CCC4C5(C)CCC(OC(C)=O)C(C)(C)C5CCC43C)C12. The lowest BCUT2D eigenvalue weighted by Crippen LogP contribution is -2.67. The zero-order valence-electron chi connectivity index (χ0n) is 23.9. The Balaban J connectivity index is 1.50. The lowest BCUT2D eigenvalue weighted by molar-refractivity contribution is -0.251. The van der Waals surface area contributed by atoms with E-state index in [2.05, 4.69) is 41.2 Å². The molecule has 0 aromatic rings. The van der Waals surface area contributed by atoms with E-state index >= 15 is 0 Å². The highest BCUT2D eigenvalue weighted by Crippen LogP contribution is 2.77. The van der Waals surface area contributed by atoms with Gasteiger partial charge in [0.1, 0.15) is 6.10 Å². The molecule has 4 nitrogen and oxygen atoms in total. The van der Waals surface area contributed by atoms with E-state index in [-0.39, 0.29) is 52.4 Å². The van der Waals surface area contributed by atoms with E-state index < -0.39 is 0 Å². The van der Waals surface area contributed by atoms with Gasteiger partial charge in [0.2, 0.25) is 0 Å². The van der Waals surface area contributed by atoms with Crippen LogP contribution in [0.15, 0.2) is 12.2 Å².